The van der Waals surface area contributed by atoms with Gasteiger partial charge in [0.2, 0.25) is 11.8 Å². The van der Waals surface area contributed by atoms with Gasteiger partial charge in [0.05, 0.1) is 18.9 Å². The molecule has 2 saturated heterocycles. The SMILES string of the molecule is Cc1oc2ccccc2c1CN(C)C(=O)/C=C/c1cnc2c(c1)NCC(N1CC3(COC3)C1)C(=O)N2. The van der Waals surface area contributed by atoms with Crippen LogP contribution in [0, 0.1) is 12.3 Å². The molecule has 1 unspecified atom stereocenters. The lowest BCUT2D eigenvalue weighted by atomic mass is 9.77. The minimum atomic E-state index is -0.248. The summed E-state index contributed by atoms with van der Waals surface area (Å²) in [6, 6.07) is 9.50. The Hall–Kier alpha value is -3.69. The molecule has 1 aromatic carbocycles. The van der Waals surface area contributed by atoms with Crippen LogP contribution in [0.5, 0.6) is 0 Å². The van der Waals surface area contributed by atoms with Gasteiger partial charge >= 0.3 is 0 Å². The smallest absolute Gasteiger partial charge is 0.246 e. The normalized spacial score (nSPS) is 20.8. The molecule has 3 aliphatic rings. The molecule has 6 rings (SSSR count). The summed E-state index contributed by atoms with van der Waals surface area (Å²) in [6.45, 7) is 6.22. The number of para-hydroxylation sites is 1. The Morgan fingerprint density at radius 3 is 2.89 bits per heavy atom. The van der Waals surface area contributed by atoms with E-state index in [0.29, 0.717) is 18.9 Å². The number of furan rings is 1. The topological polar surface area (TPSA) is 99.9 Å². The van der Waals surface area contributed by atoms with Crippen LogP contribution in [-0.4, -0.2) is 72.5 Å². The first kappa shape index (κ1) is 22.8. The van der Waals surface area contributed by atoms with Crippen LogP contribution in [-0.2, 0) is 20.9 Å². The highest BCUT2D eigenvalue weighted by molar-refractivity contribution is 5.99. The lowest BCUT2D eigenvalue weighted by molar-refractivity contribution is -0.197. The third-order valence-electron chi connectivity index (χ3n) is 7.36. The van der Waals surface area contributed by atoms with Crippen molar-refractivity contribution in [3.8, 4) is 0 Å². The number of anilines is 2. The fourth-order valence-corrected chi connectivity index (χ4v) is 5.24. The Morgan fingerprint density at radius 2 is 2.11 bits per heavy atom. The van der Waals surface area contributed by atoms with Crippen LogP contribution in [0.4, 0.5) is 11.5 Å². The molecule has 186 valence electrons. The minimum absolute atomic E-state index is 0.0500. The molecule has 3 aliphatic heterocycles. The molecule has 0 aliphatic carbocycles. The first-order valence-corrected chi connectivity index (χ1v) is 12.2. The number of nitrogens with one attached hydrogen (secondary N) is 2. The van der Waals surface area contributed by atoms with E-state index in [1.807, 2.05) is 37.3 Å². The van der Waals surface area contributed by atoms with Crippen molar-refractivity contribution in [3.63, 3.8) is 0 Å². The van der Waals surface area contributed by atoms with Gasteiger partial charge in [-0.2, -0.15) is 0 Å². The number of fused-ring (bicyclic) bond motifs is 2. The average Bonchev–Trinajstić information content (AvgIpc) is 3.03. The van der Waals surface area contributed by atoms with Gasteiger partial charge in [0.1, 0.15) is 17.4 Å². The fourth-order valence-electron chi connectivity index (χ4n) is 5.24. The van der Waals surface area contributed by atoms with E-state index < -0.39 is 0 Å². The largest absolute Gasteiger partial charge is 0.461 e. The van der Waals surface area contributed by atoms with Crippen LogP contribution < -0.4 is 10.6 Å². The number of carbonyl (C=O) groups excluding carboxylic acids is 2. The number of benzene rings is 1. The molecule has 2 aromatic heterocycles. The number of rotatable bonds is 5. The second-order valence-corrected chi connectivity index (χ2v) is 10.1. The number of amides is 2. The number of likely N-dealkylation sites (tertiary alicyclic amines) is 1. The molecular formula is C27H29N5O4. The zero-order chi connectivity index (χ0) is 24.9. The van der Waals surface area contributed by atoms with Gasteiger partial charge in [0.15, 0.2) is 5.82 Å². The second-order valence-electron chi connectivity index (χ2n) is 10.1. The number of pyridine rings is 1. The van der Waals surface area contributed by atoms with Gasteiger partial charge in [-0.05, 0) is 30.7 Å². The molecular weight excluding hydrogens is 458 g/mol. The summed E-state index contributed by atoms with van der Waals surface area (Å²) < 4.78 is 11.2. The highest BCUT2D eigenvalue weighted by Crippen LogP contribution is 2.39. The lowest BCUT2D eigenvalue weighted by Crippen LogP contribution is -2.70. The first-order valence-electron chi connectivity index (χ1n) is 12.2. The van der Waals surface area contributed by atoms with Gasteiger partial charge in [0, 0.05) is 61.9 Å². The van der Waals surface area contributed by atoms with Gasteiger partial charge in [-0.15, -0.1) is 0 Å². The molecule has 3 aromatic rings. The maximum Gasteiger partial charge on any atom is 0.246 e. The van der Waals surface area contributed by atoms with E-state index in [9.17, 15) is 9.59 Å². The van der Waals surface area contributed by atoms with Crippen molar-refractivity contribution in [2.75, 3.05) is 50.5 Å². The van der Waals surface area contributed by atoms with E-state index in [2.05, 4.69) is 20.5 Å². The van der Waals surface area contributed by atoms with Crippen LogP contribution in [0.3, 0.4) is 0 Å². The molecule has 2 fully saturated rings. The number of ether oxygens (including phenoxy) is 1. The van der Waals surface area contributed by atoms with Crippen molar-refractivity contribution in [1.29, 1.82) is 0 Å². The molecule has 0 radical (unpaired) electrons. The van der Waals surface area contributed by atoms with Crippen molar-refractivity contribution in [3.05, 3.63) is 59.5 Å². The lowest BCUT2D eigenvalue weighted by Gasteiger charge is -2.56. The van der Waals surface area contributed by atoms with Gasteiger partial charge in [-0.25, -0.2) is 4.98 Å². The van der Waals surface area contributed by atoms with E-state index in [0.717, 1.165) is 59.8 Å². The Labute approximate surface area is 209 Å². The van der Waals surface area contributed by atoms with Crippen molar-refractivity contribution >= 4 is 40.4 Å². The second kappa shape index (κ2) is 8.76. The van der Waals surface area contributed by atoms with Gasteiger partial charge in [-0.1, -0.05) is 18.2 Å². The number of carbonyl (C=O) groups is 2. The Kier molecular flexibility index (Phi) is 5.54. The molecule has 9 heteroatoms. The Morgan fingerprint density at radius 1 is 1.31 bits per heavy atom. The summed E-state index contributed by atoms with van der Waals surface area (Å²) in [5, 5.41) is 7.33. The summed E-state index contributed by atoms with van der Waals surface area (Å²) in [5.74, 6) is 1.15. The van der Waals surface area contributed by atoms with Gasteiger partial charge in [0.25, 0.3) is 0 Å². The van der Waals surface area contributed by atoms with E-state index >= 15 is 0 Å². The quantitative estimate of drug-likeness (QED) is 0.534. The van der Waals surface area contributed by atoms with E-state index in [-0.39, 0.29) is 23.3 Å². The number of aromatic nitrogens is 1. The maximum absolute atomic E-state index is 12.8. The average molecular weight is 488 g/mol. The number of nitrogens with zero attached hydrogens (tertiary/aromatic N) is 3. The standard InChI is InChI=1S/C27H29N5O4/c1-17-20(19-5-3-4-6-23(19)36-17)12-31(2)24(33)8-7-18-9-21-25(29-10-18)30-26(34)22(11-28-21)32-13-27(14-32)15-35-16-27/h3-10,22,28H,11-16H2,1-2H3,(H,29,30,34)/b8-7+. The molecule has 9 nitrogen and oxygen atoms in total. The van der Waals surface area contributed by atoms with E-state index in [1.165, 1.54) is 0 Å². The van der Waals surface area contributed by atoms with E-state index in [1.54, 1.807) is 30.3 Å². The van der Waals surface area contributed by atoms with Gasteiger partial charge < -0.3 is 24.7 Å². The molecule has 0 saturated carbocycles. The van der Waals surface area contributed by atoms with Crippen molar-refractivity contribution in [1.82, 2.24) is 14.8 Å². The van der Waals surface area contributed by atoms with Crippen LogP contribution >= 0.6 is 0 Å². The van der Waals surface area contributed by atoms with Crippen molar-refractivity contribution in [2.24, 2.45) is 5.41 Å². The molecule has 0 bridgehead atoms. The zero-order valence-electron chi connectivity index (χ0n) is 20.4. The highest BCUT2D eigenvalue weighted by Gasteiger charge is 2.52. The van der Waals surface area contributed by atoms with Crippen LogP contribution in [0.25, 0.3) is 17.0 Å². The molecule has 2 N–H and O–H groups in total. The third-order valence-corrected chi connectivity index (χ3v) is 7.36. The van der Waals surface area contributed by atoms with Crippen molar-refractivity contribution in [2.45, 2.75) is 19.5 Å². The summed E-state index contributed by atoms with van der Waals surface area (Å²) >= 11 is 0. The third kappa shape index (κ3) is 4.04. The predicted octanol–water partition coefficient (Wildman–Crippen LogP) is 2.87. The Balaban J connectivity index is 1.10. The number of hydrogen-bond acceptors (Lipinski definition) is 7. The summed E-state index contributed by atoms with van der Waals surface area (Å²) in [4.78, 5) is 33.9. The monoisotopic (exact) mass is 487 g/mol. The highest BCUT2D eigenvalue weighted by atomic mass is 16.5. The summed E-state index contributed by atoms with van der Waals surface area (Å²) in [6.07, 6.45) is 4.94. The van der Waals surface area contributed by atoms with E-state index in [4.69, 9.17) is 9.15 Å². The van der Waals surface area contributed by atoms with Crippen LogP contribution in [0.1, 0.15) is 16.9 Å². The molecule has 1 spiro atoms. The molecule has 2 amide bonds. The maximum atomic E-state index is 12.8. The first-order chi connectivity index (χ1) is 17.4. The van der Waals surface area contributed by atoms with Crippen molar-refractivity contribution < 1.29 is 18.7 Å². The Bertz CT molecular complexity index is 1370. The zero-order valence-corrected chi connectivity index (χ0v) is 20.4. The number of aryl methyl sites for hydroxylation is 1. The summed E-state index contributed by atoms with van der Waals surface area (Å²) in [5.41, 5.74) is 3.60. The van der Waals surface area contributed by atoms with Crippen LogP contribution in [0.15, 0.2) is 47.0 Å². The minimum Gasteiger partial charge on any atom is -0.461 e. The molecule has 1 atom stereocenters. The molecule has 36 heavy (non-hydrogen) atoms. The number of likely N-dealkylation sites (N-methyl/N-ethyl adjacent to an activating group) is 1. The number of hydrogen-bond donors (Lipinski definition) is 2. The fraction of sp³-hybridized carbons (Fsp3) is 0.370. The summed E-state index contributed by atoms with van der Waals surface area (Å²) in [7, 11) is 1.77. The van der Waals surface area contributed by atoms with Gasteiger partial charge in [-0.3, -0.25) is 14.5 Å². The van der Waals surface area contributed by atoms with Crippen LogP contribution in [0.2, 0.25) is 0 Å². The molecule has 5 heterocycles. The predicted molar refractivity (Wildman–Crippen MR) is 136 cm³/mol.